The average Bonchev–Trinajstić information content (AvgIpc) is 2.69. The van der Waals surface area contributed by atoms with Crippen molar-refractivity contribution in [2.75, 3.05) is 5.32 Å². The number of thiocarbonyl (C=S) groups is 1. The van der Waals surface area contributed by atoms with E-state index >= 15 is 0 Å². The number of anilines is 1. The van der Waals surface area contributed by atoms with Gasteiger partial charge in [-0.05, 0) is 49.0 Å². The van der Waals surface area contributed by atoms with Gasteiger partial charge in [-0.2, -0.15) is 5.10 Å². The van der Waals surface area contributed by atoms with Crippen LogP contribution in [0.5, 0.6) is 5.75 Å². The van der Waals surface area contributed by atoms with Crippen LogP contribution in [0.2, 0.25) is 0 Å². The van der Waals surface area contributed by atoms with Gasteiger partial charge >= 0.3 is 0 Å². The lowest BCUT2D eigenvalue weighted by Crippen LogP contribution is -2.23. The van der Waals surface area contributed by atoms with Gasteiger partial charge < -0.3 is 10.1 Å². The van der Waals surface area contributed by atoms with Gasteiger partial charge in [0, 0.05) is 11.3 Å². The van der Waals surface area contributed by atoms with Gasteiger partial charge in [0.25, 0.3) is 0 Å². The molecule has 3 rings (SSSR count). The zero-order valence-electron chi connectivity index (χ0n) is 15.1. The van der Waals surface area contributed by atoms with Crippen LogP contribution in [0.3, 0.4) is 0 Å². The minimum absolute atomic E-state index is 0.426. The van der Waals surface area contributed by atoms with E-state index in [4.69, 9.17) is 17.0 Å². The fraction of sp³-hybridized carbons (Fsp3) is 0.0909. The molecule has 0 saturated heterocycles. The zero-order valence-corrected chi connectivity index (χ0v) is 15.9. The van der Waals surface area contributed by atoms with E-state index < -0.39 is 0 Å². The van der Waals surface area contributed by atoms with Crippen molar-refractivity contribution in [3.8, 4) is 5.75 Å². The Bertz CT molecular complexity index is 908. The topological polar surface area (TPSA) is 45.6 Å². The van der Waals surface area contributed by atoms with Gasteiger partial charge in [-0.15, -0.1) is 0 Å². The van der Waals surface area contributed by atoms with Crippen molar-refractivity contribution >= 4 is 29.2 Å². The minimum Gasteiger partial charge on any atom is -0.488 e. The Hall–Kier alpha value is -3.18. The van der Waals surface area contributed by atoms with Crippen molar-refractivity contribution in [2.45, 2.75) is 13.5 Å². The molecule has 5 heteroatoms. The van der Waals surface area contributed by atoms with Crippen LogP contribution in [-0.2, 0) is 6.61 Å². The number of hydrogen-bond acceptors (Lipinski definition) is 3. The highest BCUT2D eigenvalue weighted by molar-refractivity contribution is 7.80. The zero-order chi connectivity index (χ0) is 18.9. The summed E-state index contributed by atoms with van der Waals surface area (Å²) in [6.07, 6.45) is 1.70. The molecule has 136 valence electrons. The molecular formula is C22H21N3OS. The van der Waals surface area contributed by atoms with Crippen LogP contribution < -0.4 is 15.5 Å². The summed E-state index contributed by atoms with van der Waals surface area (Å²) in [6.45, 7) is 2.58. The van der Waals surface area contributed by atoms with Gasteiger partial charge in [0.2, 0.25) is 0 Å². The molecule has 0 aromatic heterocycles. The first-order valence-corrected chi connectivity index (χ1v) is 9.04. The second-order valence-electron chi connectivity index (χ2n) is 6.00. The molecule has 0 bridgehead atoms. The van der Waals surface area contributed by atoms with Crippen molar-refractivity contribution < 1.29 is 4.74 Å². The van der Waals surface area contributed by atoms with Gasteiger partial charge in [-0.25, -0.2) is 0 Å². The van der Waals surface area contributed by atoms with E-state index in [1.165, 1.54) is 5.56 Å². The maximum absolute atomic E-state index is 5.95. The molecule has 0 radical (unpaired) electrons. The van der Waals surface area contributed by atoms with Crippen molar-refractivity contribution in [3.05, 3.63) is 95.6 Å². The fourth-order valence-electron chi connectivity index (χ4n) is 2.40. The summed E-state index contributed by atoms with van der Waals surface area (Å²) < 4.78 is 5.95. The predicted molar refractivity (Wildman–Crippen MR) is 115 cm³/mol. The molecule has 3 aromatic rings. The average molecular weight is 375 g/mol. The summed E-state index contributed by atoms with van der Waals surface area (Å²) in [5.74, 6) is 0.769. The molecule has 0 amide bonds. The van der Waals surface area contributed by atoms with E-state index in [1.54, 1.807) is 6.21 Å². The molecule has 0 heterocycles. The van der Waals surface area contributed by atoms with E-state index in [0.29, 0.717) is 11.7 Å². The Morgan fingerprint density at radius 1 is 0.963 bits per heavy atom. The SMILES string of the molecule is Cc1ccc(COc2ccccc2C=NNC(=S)Nc2ccccc2)cc1. The van der Waals surface area contributed by atoms with Gasteiger partial charge in [0.05, 0.1) is 6.21 Å². The van der Waals surface area contributed by atoms with Gasteiger partial charge in [-0.1, -0.05) is 60.2 Å². The van der Waals surface area contributed by atoms with E-state index in [1.807, 2.05) is 54.6 Å². The predicted octanol–water partition coefficient (Wildman–Crippen LogP) is 4.89. The van der Waals surface area contributed by atoms with Crippen LogP contribution in [0.25, 0.3) is 0 Å². The Balaban J connectivity index is 1.57. The van der Waals surface area contributed by atoms with Crippen LogP contribution in [0, 0.1) is 6.92 Å². The third-order valence-corrected chi connectivity index (χ3v) is 4.03. The maximum Gasteiger partial charge on any atom is 0.191 e. The largest absolute Gasteiger partial charge is 0.488 e. The Kier molecular flexibility index (Phi) is 6.55. The molecular weight excluding hydrogens is 354 g/mol. The van der Waals surface area contributed by atoms with Crippen LogP contribution in [0.4, 0.5) is 5.69 Å². The molecule has 0 atom stereocenters. The van der Waals surface area contributed by atoms with Gasteiger partial charge in [-0.3, -0.25) is 5.43 Å². The van der Waals surface area contributed by atoms with Crippen LogP contribution in [0.1, 0.15) is 16.7 Å². The Labute approximate surface area is 164 Å². The molecule has 0 aliphatic rings. The lowest BCUT2D eigenvalue weighted by Gasteiger charge is -2.10. The smallest absolute Gasteiger partial charge is 0.191 e. The summed E-state index contributed by atoms with van der Waals surface area (Å²) in [5, 5.41) is 7.70. The number of nitrogens with one attached hydrogen (secondary N) is 2. The second-order valence-corrected chi connectivity index (χ2v) is 6.41. The monoisotopic (exact) mass is 375 g/mol. The molecule has 2 N–H and O–H groups in total. The van der Waals surface area contributed by atoms with Crippen LogP contribution in [-0.4, -0.2) is 11.3 Å². The van der Waals surface area contributed by atoms with Crippen LogP contribution >= 0.6 is 12.2 Å². The molecule has 0 aliphatic carbocycles. The van der Waals surface area contributed by atoms with Crippen molar-refractivity contribution in [1.29, 1.82) is 0 Å². The summed E-state index contributed by atoms with van der Waals surface area (Å²) >= 11 is 5.24. The Morgan fingerprint density at radius 2 is 1.67 bits per heavy atom. The van der Waals surface area contributed by atoms with Crippen molar-refractivity contribution in [3.63, 3.8) is 0 Å². The minimum atomic E-state index is 0.426. The Morgan fingerprint density at radius 3 is 2.44 bits per heavy atom. The van der Waals surface area contributed by atoms with E-state index in [9.17, 15) is 0 Å². The first-order chi connectivity index (χ1) is 13.2. The quantitative estimate of drug-likeness (QED) is 0.366. The normalized spacial score (nSPS) is 10.6. The first kappa shape index (κ1) is 18.6. The number of benzene rings is 3. The highest BCUT2D eigenvalue weighted by Gasteiger charge is 2.02. The third-order valence-electron chi connectivity index (χ3n) is 3.84. The maximum atomic E-state index is 5.95. The lowest BCUT2D eigenvalue weighted by molar-refractivity contribution is 0.306. The molecule has 0 saturated carbocycles. The van der Waals surface area contributed by atoms with Crippen molar-refractivity contribution in [2.24, 2.45) is 5.10 Å². The van der Waals surface area contributed by atoms with Gasteiger partial charge in [0.1, 0.15) is 12.4 Å². The number of hydrogen-bond donors (Lipinski definition) is 2. The van der Waals surface area contributed by atoms with E-state index in [0.717, 1.165) is 22.6 Å². The first-order valence-electron chi connectivity index (χ1n) is 8.63. The number of aryl methyl sites for hydroxylation is 1. The number of rotatable bonds is 6. The standard InChI is InChI=1S/C22H21N3OS/c1-17-11-13-18(14-12-17)16-26-21-10-6-5-7-19(21)15-23-25-22(27)24-20-8-3-2-4-9-20/h2-15H,16H2,1H3,(H2,24,25,27). The molecule has 4 nitrogen and oxygen atoms in total. The highest BCUT2D eigenvalue weighted by atomic mass is 32.1. The number of hydrazone groups is 1. The third kappa shape index (κ3) is 5.94. The van der Waals surface area contributed by atoms with E-state index in [2.05, 4.69) is 47.0 Å². The fourth-order valence-corrected chi connectivity index (χ4v) is 2.58. The van der Waals surface area contributed by atoms with E-state index in [-0.39, 0.29) is 0 Å². The summed E-state index contributed by atoms with van der Waals surface area (Å²) in [4.78, 5) is 0. The molecule has 0 fully saturated rings. The number of ether oxygens (including phenoxy) is 1. The summed E-state index contributed by atoms with van der Waals surface area (Å²) in [6, 6.07) is 25.8. The summed E-state index contributed by atoms with van der Waals surface area (Å²) in [5.41, 5.74) is 6.96. The number of para-hydroxylation sites is 2. The second kappa shape index (κ2) is 9.50. The highest BCUT2D eigenvalue weighted by Crippen LogP contribution is 2.17. The molecule has 27 heavy (non-hydrogen) atoms. The molecule has 0 spiro atoms. The molecule has 0 aliphatic heterocycles. The summed E-state index contributed by atoms with van der Waals surface area (Å²) in [7, 11) is 0. The van der Waals surface area contributed by atoms with Gasteiger partial charge in [0.15, 0.2) is 5.11 Å². The molecule has 3 aromatic carbocycles. The number of nitrogens with zero attached hydrogens (tertiary/aromatic N) is 1. The lowest BCUT2D eigenvalue weighted by atomic mass is 10.1. The molecule has 0 unspecified atom stereocenters. The van der Waals surface area contributed by atoms with Crippen molar-refractivity contribution in [1.82, 2.24) is 5.43 Å². The van der Waals surface area contributed by atoms with Crippen LogP contribution in [0.15, 0.2) is 84.0 Å².